The van der Waals surface area contributed by atoms with Crippen LogP contribution in [0.25, 0.3) is 0 Å². The van der Waals surface area contributed by atoms with E-state index in [-0.39, 0.29) is 11.3 Å². The average Bonchev–Trinajstić information content (AvgIpc) is 2.95. The molecule has 0 bridgehead atoms. The second kappa shape index (κ2) is 3.77. The van der Waals surface area contributed by atoms with E-state index in [0.717, 1.165) is 12.2 Å². The van der Waals surface area contributed by atoms with Crippen LogP contribution in [0.15, 0.2) is 6.07 Å². The van der Waals surface area contributed by atoms with Gasteiger partial charge in [-0.05, 0) is 55.5 Å². The number of hydrogen-bond acceptors (Lipinski definition) is 2. The molecule has 0 heterocycles. The van der Waals surface area contributed by atoms with Crippen molar-refractivity contribution in [2.75, 3.05) is 7.11 Å². The first-order valence-corrected chi connectivity index (χ1v) is 6.00. The van der Waals surface area contributed by atoms with Gasteiger partial charge in [0.25, 0.3) is 0 Å². The second-order valence-corrected chi connectivity index (χ2v) is 5.32. The van der Waals surface area contributed by atoms with Crippen LogP contribution in [0.2, 0.25) is 0 Å². The molecule has 1 aromatic rings. The molecule has 0 spiro atoms. The highest BCUT2D eigenvalue weighted by Gasteiger charge is 2.53. The lowest BCUT2D eigenvalue weighted by atomic mass is 9.85. The van der Waals surface area contributed by atoms with Gasteiger partial charge in [-0.1, -0.05) is 6.92 Å². The monoisotopic (exact) mass is 229 g/mol. The first-order valence-electron chi connectivity index (χ1n) is 6.00. The third-order valence-corrected chi connectivity index (χ3v) is 4.23. The Balaban J connectivity index is 2.58. The molecule has 2 atom stereocenters. The molecule has 2 heteroatoms. The highest BCUT2D eigenvalue weighted by Crippen LogP contribution is 2.56. The number of methoxy groups -OCH3 is 1. The molecule has 1 aliphatic carbocycles. The van der Waals surface area contributed by atoms with Gasteiger partial charge in [0.1, 0.15) is 5.75 Å². The maximum absolute atomic E-state index is 9.08. The van der Waals surface area contributed by atoms with E-state index in [2.05, 4.69) is 39.8 Å². The molecule has 0 aliphatic heterocycles. The van der Waals surface area contributed by atoms with Crippen molar-refractivity contribution in [2.45, 2.75) is 39.5 Å². The number of hydrogen-bond donors (Lipinski definition) is 0. The lowest BCUT2D eigenvalue weighted by Crippen LogP contribution is -2.10. The van der Waals surface area contributed by atoms with Crippen LogP contribution in [0.1, 0.15) is 35.6 Å². The van der Waals surface area contributed by atoms with Crippen LogP contribution in [0.4, 0.5) is 0 Å². The fraction of sp³-hybridized carbons (Fsp3) is 0.533. The van der Waals surface area contributed by atoms with Crippen molar-refractivity contribution in [3.63, 3.8) is 0 Å². The van der Waals surface area contributed by atoms with E-state index >= 15 is 0 Å². The molecule has 1 saturated carbocycles. The van der Waals surface area contributed by atoms with E-state index in [1.807, 2.05) is 0 Å². The normalized spacial score (nSPS) is 26.5. The minimum absolute atomic E-state index is 0.0555. The van der Waals surface area contributed by atoms with Crippen molar-refractivity contribution in [1.29, 1.82) is 5.26 Å². The van der Waals surface area contributed by atoms with Gasteiger partial charge in [0.2, 0.25) is 0 Å². The first-order chi connectivity index (χ1) is 7.95. The van der Waals surface area contributed by atoms with Crippen LogP contribution in [0.5, 0.6) is 5.75 Å². The highest BCUT2D eigenvalue weighted by atomic mass is 16.5. The SMILES string of the molecule is COc1cc(C)c(C2(C)CC2C#N)c(C)c1C. The number of ether oxygens (including phenoxy) is 1. The number of rotatable bonds is 2. The molecule has 2 nitrogen and oxygen atoms in total. The van der Waals surface area contributed by atoms with Gasteiger partial charge in [-0.2, -0.15) is 5.26 Å². The maximum atomic E-state index is 9.08. The van der Waals surface area contributed by atoms with E-state index in [0.29, 0.717) is 0 Å². The van der Waals surface area contributed by atoms with E-state index in [1.54, 1.807) is 7.11 Å². The quantitative estimate of drug-likeness (QED) is 0.778. The van der Waals surface area contributed by atoms with Crippen LogP contribution in [0.3, 0.4) is 0 Å². The summed E-state index contributed by atoms with van der Waals surface area (Å²) in [6.07, 6.45) is 0.983. The molecule has 1 aromatic carbocycles. The average molecular weight is 229 g/mol. The minimum atomic E-state index is 0.0555. The second-order valence-electron chi connectivity index (χ2n) is 5.32. The summed E-state index contributed by atoms with van der Waals surface area (Å²) in [7, 11) is 1.71. The van der Waals surface area contributed by atoms with Gasteiger partial charge in [0, 0.05) is 5.41 Å². The summed E-state index contributed by atoms with van der Waals surface area (Å²) in [5.41, 5.74) is 5.12. The van der Waals surface area contributed by atoms with E-state index in [1.165, 1.54) is 22.3 Å². The predicted octanol–water partition coefficient (Wildman–Crippen LogP) is 3.42. The number of aryl methyl sites for hydroxylation is 1. The molecule has 0 aromatic heterocycles. The van der Waals surface area contributed by atoms with Gasteiger partial charge >= 0.3 is 0 Å². The number of benzene rings is 1. The zero-order valence-corrected chi connectivity index (χ0v) is 11.2. The fourth-order valence-electron chi connectivity index (χ4n) is 2.97. The van der Waals surface area contributed by atoms with Crippen molar-refractivity contribution >= 4 is 0 Å². The van der Waals surface area contributed by atoms with Crippen LogP contribution in [-0.2, 0) is 5.41 Å². The Bertz CT molecular complexity index is 513. The van der Waals surface area contributed by atoms with Crippen LogP contribution in [-0.4, -0.2) is 7.11 Å². The molecule has 0 amide bonds. The summed E-state index contributed by atoms with van der Waals surface area (Å²) in [5, 5.41) is 9.08. The van der Waals surface area contributed by atoms with Crippen molar-refractivity contribution in [3.8, 4) is 11.8 Å². The Morgan fingerprint density at radius 3 is 2.47 bits per heavy atom. The largest absolute Gasteiger partial charge is 0.496 e. The summed E-state index contributed by atoms with van der Waals surface area (Å²) >= 11 is 0. The van der Waals surface area contributed by atoms with Crippen molar-refractivity contribution in [3.05, 3.63) is 28.3 Å². The van der Waals surface area contributed by atoms with Crippen molar-refractivity contribution < 1.29 is 4.74 Å². The lowest BCUT2D eigenvalue weighted by molar-refractivity contribution is 0.410. The first kappa shape index (κ1) is 12.0. The molecular weight excluding hydrogens is 210 g/mol. The summed E-state index contributed by atoms with van der Waals surface area (Å²) in [6.45, 7) is 8.53. The zero-order chi connectivity index (χ0) is 12.8. The summed E-state index contributed by atoms with van der Waals surface area (Å²) in [4.78, 5) is 0. The molecule has 0 radical (unpaired) electrons. The van der Waals surface area contributed by atoms with Crippen molar-refractivity contribution in [1.82, 2.24) is 0 Å². The molecule has 90 valence electrons. The minimum Gasteiger partial charge on any atom is -0.496 e. The Hall–Kier alpha value is -1.49. The van der Waals surface area contributed by atoms with Gasteiger partial charge in [0.05, 0.1) is 19.1 Å². The predicted molar refractivity (Wildman–Crippen MR) is 68.3 cm³/mol. The van der Waals surface area contributed by atoms with Crippen LogP contribution < -0.4 is 4.74 Å². The molecule has 2 rings (SSSR count). The number of nitriles is 1. The Morgan fingerprint density at radius 2 is 2.00 bits per heavy atom. The van der Waals surface area contributed by atoms with Gasteiger partial charge < -0.3 is 4.74 Å². The Labute approximate surface area is 103 Å². The third kappa shape index (κ3) is 1.61. The molecular formula is C15H19NO. The smallest absolute Gasteiger partial charge is 0.122 e. The van der Waals surface area contributed by atoms with E-state index in [9.17, 15) is 0 Å². The van der Waals surface area contributed by atoms with Gasteiger partial charge in [0.15, 0.2) is 0 Å². The standard InChI is InChI=1S/C15H19NO/c1-9-6-13(17-5)10(2)11(3)14(9)15(4)7-12(15)8-16/h6,12H,7H2,1-5H3. The molecule has 0 saturated heterocycles. The summed E-state index contributed by atoms with van der Waals surface area (Å²) in [5.74, 6) is 1.12. The Morgan fingerprint density at radius 1 is 1.35 bits per heavy atom. The molecule has 17 heavy (non-hydrogen) atoms. The summed E-state index contributed by atoms with van der Waals surface area (Å²) in [6, 6.07) is 4.49. The van der Waals surface area contributed by atoms with Crippen molar-refractivity contribution in [2.24, 2.45) is 5.92 Å². The van der Waals surface area contributed by atoms with Gasteiger partial charge in [-0.15, -0.1) is 0 Å². The van der Waals surface area contributed by atoms with Crippen LogP contribution in [0, 0.1) is 38.0 Å². The Kier molecular flexibility index (Phi) is 2.66. The van der Waals surface area contributed by atoms with E-state index < -0.39 is 0 Å². The fourth-order valence-corrected chi connectivity index (χ4v) is 2.97. The molecule has 1 fully saturated rings. The number of nitrogens with zero attached hydrogens (tertiary/aromatic N) is 1. The zero-order valence-electron chi connectivity index (χ0n) is 11.2. The third-order valence-electron chi connectivity index (χ3n) is 4.23. The molecule has 2 unspecified atom stereocenters. The molecule has 0 N–H and O–H groups in total. The van der Waals surface area contributed by atoms with E-state index in [4.69, 9.17) is 10.00 Å². The molecule has 1 aliphatic rings. The van der Waals surface area contributed by atoms with Gasteiger partial charge in [-0.3, -0.25) is 0 Å². The van der Waals surface area contributed by atoms with Crippen LogP contribution >= 0.6 is 0 Å². The lowest BCUT2D eigenvalue weighted by Gasteiger charge is -2.20. The maximum Gasteiger partial charge on any atom is 0.122 e. The topological polar surface area (TPSA) is 33.0 Å². The van der Waals surface area contributed by atoms with Gasteiger partial charge in [-0.25, -0.2) is 0 Å². The summed E-state index contributed by atoms with van der Waals surface area (Å²) < 4.78 is 5.38. The highest BCUT2D eigenvalue weighted by molar-refractivity contribution is 5.54.